The van der Waals surface area contributed by atoms with E-state index in [1.54, 1.807) is 50.9 Å². The standard InChI is InChI=1S/C24H25N5O5/c1-14-17(15(2)27-19(14)24(33)34-3)21(30)18-20(16-5-7-25-8-6-16)29(23(32)22(18)31)11-4-10-28-12-9-26-13-28/h5-9,12-13,20,27,30H,4,10-11H2,1-3H3/t20-/m0/s1. The lowest BCUT2D eigenvalue weighted by molar-refractivity contribution is -0.139. The Labute approximate surface area is 195 Å². The summed E-state index contributed by atoms with van der Waals surface area (Å²) in [7, 11) is 1.26. The molecule has 0 spiro atoms. The number of carbonyl (C=O) groups is 3. The highest BCUT2D eigenvalue weighted by Gasteiger charge is 2.46. The first-order valence-electron chi connectivity index (χ1n) is 10.8. The van der Waals surface area contributed by atoms with Gasteiger partial charge in [0.2, 0.25) is 0 Å². The number of methoxy groups -OCH3 is 1. The highest BCUT2D eigenvalue weighted by molar-refractivity contribution is 6.46. The Morgan fingerprint density at radius 3 is 2.53 bits per heavy atom. The Kier molecular flexibility index (Phi) is 6.31. The van der Waals surface area contributed by atoms with Gasteiger partial charge in [-0.15, -0.1) is 0 Å². The lowest BCUT2D eigenvalue weighted by Crippen LogP contribution is -2.31. The Morgan fingerprint density at radius 2 is 1.88 bits per heavy atom. The number of likely N-dealkylation sites (tertiary alicyclic amines) is 1. The van der Waals surface area contributed by atoms with E-state index in [4.69, 9.17) is 4.74 Å². The molecule has 4 heterocycles. The number of amides is 1. The zero-order chi connectivity index (χ0) is 24.4. The first-order valence-corrected chi connectivity index (χ1v) is 10.8. The molecule has 1 saturated heterocycles. The fourth-order valence-corrected chi connectivity index (χ4v) is 4.39. The van der Waals surface area contributed by atoms with Crippen molar-refractivity contribution in [3.63, 3.8) is 0 Å². The van der Waals surface area contributed by atoms with Gasteiger partial charge in [0.25, 0.3) is 11.7 Å². The number of rotatable bonds is 7. The van der Waals surface area contributed by atoms with Gasteiger partial charge in [0.15, 0.2) is 0 Å². The van der Waals surface area contributed by atoms with Gasteiger partial charge in [0.05, 0.1) is 25.1 Å². The summed E-state index contributed by atoms with van der Waals surface area (Å²) in [5, 5.41) is 11.3. The van der Waals surface area contributed by atoms with Crippen molar-refractivity contribution >= 4 is 23.4 Å². The first-order chi connectivity index (χ1) is 16.3. The number of Topliss-reactive ketones (excluding diaryl/α,β-unsaturated/α-hetero) is 1. The van der Waals surface area contributed by atoms with Crippen molar-refractivity contribution in [3.05, 3.63) is 76.9 Å². The number of ether oxygens (including phenoxy) is 1. The Morgan fingerprint density at radius 1 is 1.15 bits per heavy atom. The molecule has 3 aromatic heterocycles. The number of hydrogen-bond acceptors (Lipinski definition) is 7. The van der Waals surface area contributed by atoms with Gasteiger partial charge in [0.1, 0.15) is 11.5 Å². The van der Waals surface area contributed by atoms with Gasteiger partial charge in [-0.05, 0) is 43.5 Å². The molecule has 0 bridgehead atoms. The maximum Gasteiger partial charge on any atom is 0.354 e. The summed E-state index contributed by atoms with van der Waals surface area (Å²) in [6.45, 7) is 4.24. The van der Waals surface area contributed by atoms with Crippen LogP contribution in [0.5, 0.6) is 0 Å². The van der Waals surface area contributed by atoms with Crippen molar-refractivity contribution < 1.29 is 24.2 Å². The van der Waals surface area contributed by atoms with E-state index in [-0.39, 0.29) is 17.0 Å². The minimum Gasteiger partial charge on any atom is -0.507 e. The highest BCUT2D eigenvalue weighted by atomic mass is 16.5. The molecule has 0 saturated carbocycles. The van der Waals surface area contributed by atoms with Crippen molar-refractivity contribution in [3.8, 4) is 0 Å². The molecule has 4 rings (SSSR count). The molecular weight excluding hydrogens is 438 g/mol. The molecule has 1 fully saturated rings. The van der Waals surface area contributed by atoms with E-state index in [0.717, 1.165) is 0 Å². The fourth-order valence-electron chi connectivity index (χ4n) is 4.39. The summed E-state index contributed by atoms with van der Waals surface area (Å²) >= 11 is 0. The van der Waals surface area contributed by atoms with Gasteiger partial charge < -0.3 is 24.3 Å². The third-order valence-corrected chi connectivity index (χ3v) is 6.00. The van der Waals surface area contributed by atoms with Crippen LogP contribution in [0.2, 0.25) is 0 Å². The average Bonchev–Trinajstić information content (AvgIpc) is 3.52. The second kappa shape index (κ2) is 9.34. The molecule has 1 atom stereocenters. The molecule has 0 radical (unpaired) electrons. The molecule has 0 aliphatic carbocycles. The molecule has 0 aromatic carbocycles. The van der Waals surface area contributed by atoms with Crippen LogP contribution >= 0.6 is 0 Å². The molecule has 10 heteroatoms. The number of carbonyl (C=O) groups excluding carboxylic acids is 3. The Bertz CT molecular complexity index is 1260. The zero-order valence-electron chi connectivity index (χ0n) is 19.1. The Hall–Kier alpha value is -4.21. The lowest BCUT2D eigenvalue weighted by Gasteiger charge is -2.25. The van der Waals surface area contributed by atoms with Crippen LogP contribution in [0.1, 0.15) is 45.3 Å². The summed E-state index contributed by atoms with van der Waals surface area (Å²) in [6.07, 6.45) is 8.91. The third-order valence-electron chi connectivity index (χ3n) is 6.00. The van der Waals surface area contributed by atoms with Gasteiger partial charge in [-0.1, -0.05) is 0 Å². The minimum atomic E-state index is -0.791. The van der Waals surface area contributed by atoms with E-state index in [2.05, 4.69) is 15.0 Å². The van der Waals surface area contributed by atoms with Crippen LogP contribution in [0.4, 0.5) is 0 Å². The van der Waals surface area contributed by atoms with E-state index in [1.807, 2.05) is 10.8 Å². The molecule has 2 N–H and O–H groups in total. The number of nitrogens with zero attached hydrogens (tertiary/aromatic N) is 4. The third kappa shape index (κ3) is 3.98. The number of H-pyrrole nitrogens is 1. The van der Waals surface area contributed by atoms with Crippen LogP contribution in [0.15, 0.2) is 48.8 Å². The second-order valence-electron chi connectivity index (χ2n) is 8.04. The lowest BCUT2D eigenvalue weighted by atomic mass is 9.94. The number of ketones is 1. The number of imidazole rings is 1. The van der Waals surface area contributed by atoms with Gasteiger partial charge in [-0.2, -0.15) is 0 Å². The van der Waals surface area contributed by atoms with Gasteiger partial charge in [-0.3, -0.25) is 14.6 Å². The summed E-state index contributed by atoms with van der Waals surface area (Å²) in [5.74, 6) is -2.39. The van der Waals surface area contributed by atoms with Crippen LogP contribution < -0.4 is 0 Å². The molecule has 3 aromatic rings. The second-order valence-corrected chi connectivity index (χ2v) is 8.04. The fraction of sp³-hybridized carbons (Fsp3) is 0.292. The van der Waals surface area contributed by atoms with Crippen LogP contribution in [0.3, 0.4) is 0 Å². The predicted molar refractivity (Wildman–Crippen MR) is 122 cm³/mol. The quantitative estimate of drug-likeness (QED) is 0.238. The number of pyridine rings is 1. The molecule has 0 unspecified atom stereocenters. The minimum absolute atomic E-state index is 0.0274. The molecule has 1 aliphatic rings. The smallest absolute Gasteiger partial charge is 0.354 e. The van der Waals surface area contributed by atoms with E-state index in [9.17, 15) is 19.5 Å². The van der Waals surface area contributed by atoms with Crippen molar-refractivity contribution in [2.45, 2.75) is 32.9 Å². The monoisotopic (exact) mass is 463 g/mol. The normalized spacial score (nSPS) is 17.4. The topological polar surface area (TPSA) is 130 Å². The van der Waals surface area contributed by atoms with Crippen LogP contribution in [-0.2, 0) is 20.9 Å². The van der Waals surface area contributed by atoms with Crippen molar-refractivity contribution in [2.75, 3.05) is 13.7 Å². The average molecular weight is 463 g/mol. The van der Waals surface area contributed by atoms with E-state index in [0.29, 0.717) is 41.9 Å². The number of esters is 1. The van der Waals surface area contributed by atoms with Gasteiger partial charge in [-0.25, -0.2) is 9.78 Å². The molecule has 1 aliphatic heterocycles. The van der Waals surface area contributed by atoms with E-state index < -0.39 is 23.7 Å². The number of nitrogens with one attached hydrogen (secondary N) is 1. The number of aromatic amines is 1. The van der Waals surface area contributed by atoms with Crippen LogP contribution in [-0.4, -0.2) is 60.8 Å². The van der Waals surface area contributed by atoms with Crippen LogP contribution in [0.25, 0.3) is 5.76 Å². The zero-order valence-corrected chi connectivity index (χ0v) is 19.1. The molecule has 176 valence electrons. The van der Waals surface area contributed by atoms with Crippen LogP contribution in [0, 0.1) is 13.8 Å². The largest absolute Gasteiger partial charge is 0.507 e. The Balaban J connectivity index is 1.78. The summed E-state index contributed by atoms with van der Waals surface area (Å²) < 4.78 is 6.69. The number of aliphatic hydroxyl groups is 1. The SMILES string of the molecule is COC(=O)c1[nH]c(C)c(C(O)=C2C(=O)C(=O)N(CCCn3ccnc3)[C@H]2c2ccncc2)c1C. The van der Waals surface area contributed by atoms with Crippen molar-refractivity contribution in [1.29, 1.82) is 0 Å². The van der Waals surface area contributed by atoms with Gasteiger partial charge in [0, 0.05) is 49.1 Å². The number of hydrogen-bond donors (Lipinski definition) is 2. The van der Waals surface area contributed by atoms with E-state index in [1.165, 1.54) is 12.0 Å². The molecule has 1 amide bonds. The predicted octanol–water partition coefficient (Wildman–Crippen LogP) is 2.52. The number of aliphatic hydroxyl groups excluding tert-OH is 1. The summed E-state index contributed by atoms with van der Waals surface area (Å²) in [5.41, 5.74) is 2.02. The maximum absolute atomic E-state index is 13.2. The number of aromatic nitrogens is 4. The van der Waals surface area contributed by atoms with E-state index >= 15 is 0 Å². The highest BCUT2D eigenvalue weighted by Crippen LogP contribution is 2.40. The maximum atomic E-state index is 13.2. The summed E-state index contributed by atoms with van der Waals surface area (Å²) in [4.78, 5) is 50.8. The number of aryl methyl sites for hydroxylation is 2. The van der Waals surface area contributed by atoms with Crippen molar-refractivity contribution in [1.82, 2.24) is 24.4 Å². The summed E-state index contributed by atoms with van der Waals surface area (Å²) in [6, 6.07) is 2.63. The van der Waals surface area contributed by atoms with Gasteiger partial charge >= 0.3 is 5.97 Å². The molecular formula is C24H25N5O5. The molecule has 34 heavy (non-hydrogen) atoms. The molecule has 10 nitrogen and oxygen atoms in total. The van der Waals surface area contributed by atoms with Crippen molar-refractivity contribution in [2.24, 2.45) is 0 Å². The first kappa shape index (κ1) is 23.0.